The van der Waals surface area contributed by atoms with Crippen molar-refractivity contribution >= 4 is 17.7 Å². The number of ether oxygens (including phenoxy) is 1. The number of halogens is 1. The second kappa shape index (κ2) is 9.33. The van der Waals surface area contributed by atoms with Crippen molar-refractivity contribution in [1.82, 2.24) is 5.32 Å². The monoisotopic (exact) mass is 347 g/mol. The Bertz CT molecular complexity index is 659. The SMILES string of the molecule is CC(C)Oc1cccc(CNC(=O)CSCc2ccc(F)cc2)c1. The Balaban J connectivity index is 1.72. The van der Waals surface area contributed by atoms with Crippen LogP contribution < -0.4 is 10.1 Å². The molecule has 128 valence electrons. The number of carbonyl (C=O) groups excluding carboxylic acids is 1. The van der Waals surface area contributed by atoms with Gasteiger partial charge in [-0.1, -0.05) is 24.3 Å². The van der Waals surface area contributed by atoms with Gasteiger partial charge in [0.2, 0.25) is 5.91 Å². The van der Waals surface area contributed by atoms with Gasteiger partial charge in [-0.2, -0.15) is 0 Å². The van der Waals surface area contributed by atoms with Gasteiger partial charge in [-0.05, 0) is 49.2 Å². The van der Waals surface area contributed by atoms with E-state index in [9.17, 15) is 9.18 Å². The molecule has 0 aliphatic carbocycles. The Morgan fingerprint density at radius 2 is 1.92 bits per heavy atom. The molecular weight excluding hydrogens is 325 g/mol. The van der Waals surface area contributed by atoms with E-state index < -0.39 is 0 Å². The third-order valence-electron chi connectivity index (χ3n) is 3.18. The summed E-state index contributed by atoms with van der Waals surface area (Å²) in [4.78, 5) is 11.9. The minimum Gasteiger partial charge on any atom is -0.491 e. The van der Waals surface area contributed by atoms with E-state index in [1.165, 1.54) is 23.9 Å². The maximum atomic E-state index is 12.8. The molecule has 0 aliphatic heterocycles. The number of hydrogen-bond donors (Lipinski definition) is 1. The van der Waals surface area contributed by atoms with E-state index in [1.54, 1.807) is 12.1 Å². The van der Waals surface area contributed by atoms with E-state index in [1.807, 2.05) is 38.1 Å². The maximum absolute atomic E-state index is 12.8. The molecule has 0 aliphatic rings. The highest BCUT2D eigenvalue weighted by molar-refractivity contribution is 7.99. The summed E-state index contributed by atoms with van der Waals surface area (Å²) in [6.45, 7) is 4.44. The Morgan fingerprint density at radius 3 is 2.62 bits per heavy atom. The fraction of sp³-hybridized carbons (Fsp3) is 0.316. The lowest BCUT2D eigenvalue weighted by Gasteiger charge is -2.11. The van der Waals surface area contributed by atoms with Crippen molar-refractivity contribution in [3.63, 3.8) is 0 Å². The second-order valence-corrected chi connectivity index (χ2v) is 6.70. The zero-order chi connectivity index (χ0) is 17.4. The van der Waals surface area contributed by atoms with Crippen LogP contribution in [-0.4, -0.2) is 17.8 Å². The molecule has 0 heterocycles. The van der Waals surface area contributed by atoms with Crippen molar-refractivity contribution in [3.8, 4) is 5.75 Å². The van der Waals surface area contributed by atoms with Crippen LogP contribution in [-0.2, 0) is 17.1 Å². The van der Waals surface area contributed by atoms with Crippen molar-refractivity contribution in [2.75, 3.05) is 5.75 Å². The molecule has 2 rings (SSSR count). The molecule has 0 saturated heterocycles. The highest BCUT2D eigenvalue weighted by atomic mass is 32.2. The molecule has 3 nitrogen and oxygen atoms in total. The Labute approximate surface area is 146 Å². The average Bonchev–Trinajstić information content (AvgIpc) is 2.54. The van der Waals surface area contributed by atoms with Crippen molar-refractivity contribution < 1.29 is 13.9 Å². The molecule has 24 heavy (non-hydrogen) atoms. The predicted molar refractivity (Wildman–Crippen MR) is 96.6 cm³/mol. The van der Waals surface area contributed by atoms with Gasteiger partial charge in [0.25, 0.3) is 0 Å². The van der Waals surface area contributed by atoms with E-state index in [-0.39, 0.29) is 17.8 Å². The molecule has 0 aromatic heterocycles. The van der Waals surface area contributed by atoms with Gasteiger partial charge < -0.3 is 10.1 Å². The van der Waals surface area contributed by atoms with Gasteiger partial charge in [-0.15, -0.1) is 11.8 Å². The van der Waals surface area contributed by atoms with Gasteiger partial charge in [0, 0.05) is 12.3 Å². The van der Waals surface area contributed by atoms with Crippen LogP contribution in [0.3, 0.4) is 0 Å². The minimum absolute atomic E-state index is 0.0164. The van der Waals surface area contributed by atoms with Crippen LogP contribution in [0.1, 0.15) is 25.0 Å². The summed E-state index contributed by atoms with van der Waals surface area (Å²) in [7, 11) is 0. The Morgan fingerprint density at radius 1 is 1.17 bits per heavy atom. The smallest absolute Gasteiger partial charge is 0.230 e. The number of nitrogens with one attached hydrogen (secondary N) is 1. The van der Waals surface area contributed by atoms with E-state index in [0.29, 0.717) is 18.1 Å². The number of carbonyl (C=O) groups is 1. The summed E-state index contributed by atoms with van der Waals surface area (Å²) in [5.41, 5.74) is 2.01. The second-order valence-electron chi connectivity index (χ2n) is 5.71. The highest BCUT2D eigenvalue weighted by Crippen LogP contribution is 2.15. The van der Waals surface area contributed by atoms with E-state index in [2.05, 4.69) is 5.32 Å². The lowest BCUT2D eigenvalue weighted by atomic mass is 10.2. The molecule has 0 unspecified atom stereocenters. The lowest BCUT2D eigenvalue weighted by molar-refractivity contribution is -0.118. The molecule has 0 bridgehead atoms. The fourth-order valence-electron chi connectivity index (χ4n) is 2.09. The number of hydrogen-bond acceptors (Lipinski definition) is 3. The summed E-state index contributed by atoms with van der Waals surface area (Å²) in [6, 6.07) is 14.1. The molecule has 2 aromatic carbocycles. The topological polar surface area (TPSA) is 38.3 Å². The molecule has 0 radical (unpaired) electrons. The van der Waals surface area contributed by atoms with Crippen LogP contribution in [0.4, 0.5) is 4.39 Å². The van der Waals surface area contributed by atoms with Crippen molar-refractivity contribution in [1.29, 1.82) is 0 Å². The summed E-state index contributed by atoms with van der Waals surface area (Å²) < 4.78 is 18.5. The van der Waals surface area contributed by atoms with Crippen molar-refractivity contribution in [2.45, 2.75) is 32.2 Å². The first-order valence-corrected chi connectivity index (χ1v) is 9.03. The number of rotatable bonds is 8. The van der Waals surface area contributed by atoms with Crippen molar-refractivity contribution in [2.24, 2.45) is 0 Å². The molecule has 0 fully saturated rings. The molecule has 1 N–H and O–H groups in total. The fourth-order valence-corrected chi connectivity index (χ4v) is 2.91. The summed E-state index contributed by atoms with van der Waals surface area (Å²) in [5, 5.41) is 2.90. The largest absolute Gasteiger partial charge is 0.491 e. The Kier molecular flexibility index (Phi) is 7.12. The molecule has 1 amide bonds. The molecule has 2 aromatic rings. The summed E-state index contributed by atoms with van der Waals surface area (Å²) in [5.74, 6) is 1.61. The standard InChI is InChI=1S/C19H22FNO2S/c1-14(2)23-18-5-3-4-16(10-18)11-21-19(22)13-24-12-15-6-8-17(20)9-7-15/h3-10,14H,11-13H2,1-2H3,(H,21,22). The van der Waals surface area contributed by atoms with Gasteiger partial charge in [0.15, 0.2) is 0 Å². The van der Waals surface area contributed by atoms with Gasteiger partial charge >= 0.3 is 0 Å². The van der Waals surface area contributed by atoms with Crippen LogP contribution in [0.15, 0.2) is 48.5 Å². The van der Waals surface area contributed by atoms with E-state index >= 15 is 0 Å². The zero-order valence-corrected chi connectivity index (χ0v) is 14.7. The number of thioether (sulfide) groups is 1. The quantitative estimate of drug-likeness (QED) is 0.779. The van der Waals surface area contributed by atoms with E-state index in [4.69, 9.17) is 4.74 Å². The molecule has 0 atom stereocenters. The third kappa shape index (κ3) is 6.62. The Hall–Kier alpha value is -2.01. The number of amides is 1. The van der Waals surface area contributed by atoms with Crippen molar-refractivity contribution in [3.05, 3.63) is 65.5 Å². The first kappa shape index (κ1) is 18.3. The third-order valence-corrected chi connectivity index (χ3v) is 4.18. The molecule has 0 spiro atoms. The predicted octanol–water partition coefficient (Wildman–Crippen LogP) is 4.16. The van der Waals surface area contributed by atoms with Crippen LogP contribution in [0.5, 0.6) is 5.75 Å². The van der Waals surface area contributed by atoms with Gasteiger partial charge in [0.05, 0.1) is 11.9 Å². The molecule has 5 heteroatoms. The summed E-state index contributed by atoms with van der Waals surface area (Å²) in [6.07, 6.45) is 0.123. The van der Waals surface area contributed by atoms with Gasteiger partial charge in [0.1, 0.15) is 11.6 Å². The first-order chi connectivity index (χ1) is 11.5. The normalized spacial score (nSPS) is 10.7. The molecular formula is C19H22FNO2S. The van der Waals surface area contributed by atoms with Gasteiger partial charge in [-0.3, -0.25) is 4.79 Å². The van der Waals surface area contributed by atoms with Crippen LogP contribution in [0.25, 0.3) is 0 Å². The lowest BCUT2D eigenvalue weighted by Crippen LogP contribution is -2.24. The van der Waals surface area contributed by atoms with Crippen LogP contribution in [0.2, 0.25) is 0 Å². The highest BCUT2D eigenvalue weighted by Gasteiger charge is 2.04. The zero-order valence-electron chi connectivity index (χ0n) is 13.9. The minimum atomic E-state index is -0.245. The van der Waals surface area contributed by atoms with Crippen LogP contribution in [0, 0.1) is 5.82 Å². The molecule has 0 saturated carbocycles. The maximum Gasteiger partial charge on any atom is 0.230 e. The summed E-state index contributed by atoms with van der Waals surface area (Å²) >= 11 is 1.51. The van der Waals surface area contributed by atoms with Gasteiger partial charge in [-0.25, -0.2) is 4.39 Å². The average molecular weight is 347 g/mol. The van der Waals surface area contributed by atoms with E-state index in [0.717, 1.165) is 16.9 Å². The number of benzene rings is 2. The van der Waals surface area contributed by atoms with Crippen LogP contribution >= 0.6 is 11.8 Å². The first-order valence-electron chi connectivity index (χ1n) is 7.87.